The predicted octanol–water partition coefficient (Wildman–Crippen LogP) is 2.26. The molecule has 0 aliphatic carbocycles. The molecule has 6 heteroatoms. The number of hydrogen-bond donors (Lipinski definition) is 2. The van der Waals surface area contributed by atoms with Crippen LogP contribution >= 0.6 is 0 Å². The predicted molar refractivity (Wildman–Crippen MR) is 87.7 cm³/mol. The molecule has 0 fully saturated rings. The van der Waals surface area contributed by atoms with Gasteiger partial charge >= 0.3 is 0 Å². The van der Waals surface area contributed by atoms with E-state index in [-0.39, 0.29) is 5.91 Å². The Morgan fingerprint density at radius 2 is 1.91 bits per heavy atom. The number of tetrazole rings is 1. The molecule has 2 aromatic carbocycles. The lowest BCUT2D eigenvalue weighted by molar-refractivity contribution is -0.126. The van der Waals surface area contributed by atoms with E-state index in [1.54, 1.807) is 13.8 Å². The highest BCUT2D eigenvalue weighted by Crippen LogP contribution is 2.23. The summed E-state index contributed by atoms with van der Waals surface area (Å²) in [5, 5.41) is 19.1. The van der Waals surface area contributed by atoms with Crippen molar-refractivity contribution in [2.45, 2.75) is 32.7 Å². The van der Waals surface area contributed by atoms with E-state index >= 15 is 0 Å². The van der Waals surface area contributed by atoms with Crippen molar-refractivity contribution in [3.05, 3.63) is 53.3 Å². The molecule has 0 aliphatic heterocycles. The molecule has 0 aliphatic rings. The monoisotopic (exact) mass is 309 g/mol. The van der Waals surface area contributed by atoms with Crippen LogP contribution in [0.5, 0.6) is 0 Å². The average Bonchev–Trinajstić information content (AvgIpc) is 3.09. The molecule has 0 bridgehead atoms. The standard InChI is InChI=1S/C17H19N5O/c1-11-8-9-12(14-7-5-4-6-13(11)14)10-18-16(23)17(2,3)15-19-21-22-20-15/h4-9H,10H2,1-3H3,(H,18,23)(H,19,20,21,22). The van der Waals surface area contributed by atoms with Gasteiger partial charge < -0.3 is 5.32 Å². The van der Waals surface area contributed by atoms with Crippen LogP contribution in [-0.2, 0) is 16.8 Å². The van der Waals surface area contributed by atoms with Crippen molar-refractivity contribution >= 4 is 16.7 Å². The summed E-state index contributed by atoms with van der Waals surface area (Å²) in [6.07, 6.45) is 0. The Labute approximate surface area is 134 Å². The SMILES string of the molecule is Cc1ccc(CNC(=O)C(C)(C)c2nn[nH]n2)c2ccccc12. The van der Waals surface area contributed by atoms with Crippen LogP contribution in [0.2, 0.25) is 0 Å². The Morgan fingerprint density at radius 1 is 1.17 bits per heavy atom. The zero-order valence-electron chi connectivity index (χ0n) is 13.4. The minimum atomic E-state index is -0.840. The molecular weight excluding hydrogens is 290 g/mol. The van der Waals surface area contributed by atoms with Crippen LogP contribution in [0.4, 0.5) is 0 Å². The number of aromatic nitrogens is 4. The first-order valence-electron chi connectivity index (χ1n) is 7.49. The lowest BCUT2D eigenvalue weighted by Gasteiger charge is -2.20. The second-order valence-corrected chi connectivity index (χ2v) is 6.13. The molecule has 1 heterocycles. The zero-order chi connectivity index (χ0) is 16.4. The van der Waals surface area contributed by atoms with Gasteiger partial charge in [0.2, 0.25) is 5.91 Å². The Hall–Kier alpha value is -2.76. The maximum Gasteiger partial charge on any atom is 0.233 e. The summed E-state index contributed by atoms with van der Waals surface area (Å²) >= 11 is 0. The van der Waals surface area contributed by atoms with E-state index in [0.29, 0.717) is 12.4 Å². The van der Waals surface area contributed by atoms with Gasteiger partial charge in [0, 0.05) is 6.54 Å². The number of H-pyrrole nitrogens is 1. The van der Waals surface area contributed by atoms with Gasteiger partial charge in [0.15, 0.2) is 5.82 Å². The average molecular weight is 309 g/mol. The van der Waals surface area contributed by atoms with Crippen molar-refractivity contribution in [2.24, 2.45) is 0 Å². The van der Waals surface area contributed by atoms with Gasteiger partial charge in [0.25, 0.3) is 0 Å². The fourth-order valence-corrected chi connectivity index (χ4v) is 2.59. The summed E-state index contributed by atoms with van der Waals surface area (Å²) in [7, 11) is 0. The summed E-state index contributed by atoms with van der Waals surface area (Å²) in [6.45, 7) is 6.10. The summed E-state index contributed by atoms with van der Waals surface area (Å²) in [6, 6.07) is 12.3. The van der Waals surface area contributed by atoms with Crippen LogP contribution in [0.15, 0.2) is 36.4 Å². The summed E-state index contributed by atoms with van der Waals surface area (Å²) in [4.78, 5) is 12.5. The Bertz CT molecular complexity index is 839. The van der Waals surface area contributed by atoms with E-state index < -0.39 is 5.41 Å². The van der Waals surface area contributed by atoms with E-state index in [0.717, 1.165) is 10.9 Å². The summed E-state index contributed by atoms with van der Waals surface area (Å²) < 4.78 is 0. The van der Waals surface area contributed by atoms with Crippen LogP contribution in [0.1, 0.15) is 30.8 Å². The number of benzene rings is 2. The molecule has 0 radical (unpaired) electrons. The van der Waals surface area contributed by atoms with E-state index in [1.165, 1.54) is 10.9 Å². The number of aromatic amines is 1. The maximum absolute atomic E-state index is 12.5. The number of amides is 1. The number of hydrogen-bond acceptors (Lipinski definition) is 4. The number of fused-ring (bicyclic) bond motifs is 1. The summed E-state index contributed by atoms with van der Waals surface area (Å²) in [5.41, 5.74) is 1.47. The first kappa shape index (κ1) is 15.1. The van der Waals surface area contributed by atoms with E-state index in [2.05, 4.69) is 57.1 Å². The Balaban J connectivity index is 1.81. The third-order valence-corrected chi connectivity index (χ3v) is 4.14. The molecular formula is C17H19N5O. The summed E-state index contributed by atoms with van der Waals surface area (Å²) in [5.74, 6) is 0.243. The minimum Gasteiger partial charge on any atom is -0.351 e. The molecule has 23 heavy (non-hydrogen) atoms. The van der Waals surface area contributed by atoms with E-state index in [4.69, 9.17) is 0 Å². The molecule has 3 rings (SSSR count). The van der Waals surface area contributed by atoms with Gasteiger partial charge in [-0.1, -0.05) is 41.6 Å². The topological polar surface area (TPSA) is 83.6 Å². The van der Waals surface area contributed by atoms with Crippen LogP contribution in [0, 0.1) is 6.92 Å². The molecule has 1 aromatic heterocycles. The largest absolute Gasteiger partial charge is 0.351 e. The molecule has 6 nitrogen and oxygen atoms in total. The molecule has 0 saturated carbocycles. The maximum atomic E-state index is 12.5. The molecule has 0 unspecified atom stereocenters. The highest BCUT2D eigenvalue weighted by atomic mass is 16.2. The number of rotatable bonds is 4. The van der Waals surface area contributed by atoms with Crippen molar-refractivity contribution in [2.75, 3.05) is 0 Å². The van der Waals surface area contributed by atoms with Crippen LogP contribution < -0.4 is 5.32 Å². The van der Waals surface area contributed by atoms with Crippen molar-refractivity contribution in [1.82, 2.24) is 25.9 Å². The quantitative estimate of drug-likeness (QED) is 0.774. The van der Waals surface area contributed by atoms with Gasteiger partial charge in [-0.2, -0.15) is 5.21 Å². The Morgan fingerprint density at radius 3 is 2.61 bits per heavy atom. The highest BCUT2D eigenvalue weighted by Gasteiger charge is 2.33. The molecule has 3 aromatic rings. The van der Waals surface area contributed by atoms with Gasteiger partial charge in [-0.3, -0.25) is 4.79 Å². The Kier molecular flexibility index (Phi) is 3.82. The molecule has 0 spiro atoms. The second kappa shape index (κ2) is 5.79. The van der Waals surface area contributed by atoms with Crippen LogP contribution in [0.25, 0.3) is 10.8 Å². The first-order chi connectivity index (χ1) is 11.0. The van der Waals surface area contributed by atoms with Gasteiger partial charge in [-0.15, -0.1) is 10.2 Å². The van der Waals surface area contributed by atoms with Gasteiger partial charge in [0.05, 0.1) is 0 Å². The van der Waals surface area contributed by atoms with Crippen molar-refractivity contribution in [3.8, 4) is 0 Å². The van der Waals surface area contributed by atoms with Crippen molar-refractivity contribution in [1.29, 1.82) is 0 Å². The fraction of sp³-hybridized carbons (Fsp3) is 0.294. The second-order valence-electron chi connectivity index (χ2n) is 6.13. The number of carbonyl (C=O) groups is 1. The van der Waals surface area contributed by atoms with Crippen molar-refractivity contribution in [3.63, 3.8) is 0 Å². The zero-order valence-corrected chi connectivity index (χ0v) is 13.4. The van der Waals surface area contributed by atoms with Gasteiger partial charge in [0.1, 0.15) is 5.41 Å². The molecule has 0 atom stereocenters. The fourth-order valence-electron chi connectivity index (χ4n) is 2.59. The third kappa shape index (κ3) is 2.79. The lowest BCUT2D eigenvalue weighted by Crippen LogP contribution is -2.40. The number of aryl methyl sites for hydroxylation is 1. The number of carbonyl (C=O) groups excluding carboxylic acids is 1. The lowest BCUT2D eigenvalue weighted by atomic mass is 9.91. The molecule has 0 saturated heterocycles. The normalized spacial score (nSPS) is 11.6. The molecule has 2 N–H and O–H groups in total. The van der Waals surface area contributed by atoms with E-state index in [1.807, 2.05) is 12.1 Å². The number of nitrogens with zero attached hydrogens (tertiary/aromatic N) is 3. The van der Waals surface area contributed by atoms with Crippen molar-refractivity contribution < 1.29 is 4.79 Å². The smallest absolute Gasteiger partial charge is 0.233 e. The van der Waals surface area contributed by atoms with E-state index in [9.17, 15) is 4.79 Å². The molecule has 1 amide bonds. The van der Waals surface area contributed by atoms with Gasteiger partial charge in [-0.05, 0) is 42.7 Å². The molecule has 118 valence electrons. The van der Waals surface area contributed by atoms with Crippen LogP contribution in [0.3, 0.4) is 0 Å². The highest BCUT2D eigenvalue weighted by molar-refractivity contribution is 5.90. The number of nitrogens with one attached hydrogen (secondary N) is 2. The minimum absolute atomic E-state index is 0.136. The van der Waals surface area contributed by atoms with Crippen LogP contribution in [-0.4, -0.2) is 26.5 Å². The van der Waals surface area contributed by atoms with Gasteiger partial charge in [-0.25, -0.2) is 0 Å². The third-order valence-electron chi connectivity index (χ3n) is 4.14. The first-order valence-corrected chi connectivity index (χ1v) is 7.49.